The third kappa shape index (κ3) is 1.97. The summed E-state index contributed by atoms with van der Waals surface area (Å²) in [5, 5.41) is 17.0. The average molecular weight is 205 g/mol. The van der Waals surface area contributed by atoms with Gasteiger partial charge in [0, 0.05) is 23.5 Å². The Hall–Kier alpha value is -1.88. The van der Waals surface area contributed by atoms with Gasteiger partial charge in [0.25, 0.3) is 0 Å². The van der Waals surface area contributed by atoms with Gasteiger partial charge in [-0.25, -0.2) is 4.39 Å². The van der Waals surface area contributed by atoms with E-state index in [4.69, 9.17) is 0 Å². The maximum absolute atomic E-state index is 13.3. The summed E-state index contributed by atoms with van der Waals surface area (Å²) in [7, 11) is 0. The first kappa shape index (κ1) is 9.67. The van der Waals surface area contributed by atoms with Gasteiger partial charge in [0.15, 0.2) is 0 Å². The van der Waals surface area contributed by atoms with E-state index >= 15 is 0 Å². The summed E-state index contributed by atoms with van der Waals surface area (Å²) in [5.74, 6) is -0.540. The highest BCUT2D eigenvalue weighted by atomic mass is 19.1. The van der Waals surface area contributed by atoms with Crippen LogP contribution in [0, 0.1) is 5.82 Å². The molecular weight excluding hydrogens is 197 g/mol. The van der Waals surface area contributed by atoms with E-state index in [9.17, 15) is 9.50 Å². The van der Waals surface area contributed by atoms with Crippen LogP contribution in [0.3, 0.4) is 0 Å². The van der Waals surface area contributed by atoms with Crippen molar-refractivity contribution in [3.8, 4) is 0 Å². The van der Waals surface area contributed by atoms with Gasteiger partial charge >= 0.3 is 0 Å². The fourth-order valence-electron chi connectivity index (χ4n) is 1.25. The molecule has 0 fully saturated rings. The smallest absolute Gasteiger partial charge is 0.147 e. The van der Waals surface area contributed by atoms with Crippen LogP contribution in [-0.2, 0) is 0 Å². The van der Waals surface area contributed by atoms with E-state index < -0.39 is 11.9 Å². The van der Waals surface area contributed by atoms with Crippen LogP contribution < -0.4 is 0 Å². The van der Waals surface area contributed by atoms with Gasteiger partial charge < -0.3 is 5.11 Å². The first-order chi connectivity index (χ1) is 7.29. The molecule has 0 saturated heterocycles. The molecule has 0 radical (unpaired) electrons. The molecule has 0 spiro atoms. The molecule has 2 aromatic rings. The molecule has 76 valence electrons. The third-order valence-electron chi connectivity index (χ3n) is 2.02. The van der Waals surface area contributed by atoms with E-state index in [0.717, 1.165) is 6.20 Å². The van der Waals surface area contributed by atoms with Crippen molar-refractivity contribution in [3.05, 3.63) is 53.9 Å². The van der Waals surface area contributed by atoms with Crippen LogP contribution in [0.1, 0.15) is 17.2 Å². The molecule has 2 rings (SSSR count). The SMILES string of the molecule is OC(c1ccnnc1)c1ccncc1F. The number of hydrogen-bond donors (Lipinski definition) is 1. The summed E-state index contributed by atoms with van der Waals surface area (Å²) in [4.78, 5) is 3.61. The summed E-state index contributed by atoms with van der Waals surface area (Å²) in [6, 6.07) is 3.01. The number of aromatic nitrogens is 3. The maximum atomic E-state index is 13.3. The maximum Gasteiger partial charge on any atom is 0.147 e. The predicted octanol–water partition coefficient (Wildman–Crippen LogP) is 1.09. The summed E-state index contributed by atoms with van der Waals surface area (Å²) >= 11 is 0. The van der Waals surface area contributed by atoms with Gasteiger partial charge in [-0.05, 0) is 12.1 Å². The van der Waals surface area contributed by atoms with Crippen molar-refractivity contribution in [1.82, 2.24) is 15.2 Å². The van der Waals surface area contributed by atoms with Gasteiger partial charge in [0.05, 0.1) is 12.4 Å². The van der Waals surface area contributed by atoms with Crippen LogP contribution in [-0.4, -0.2) is 20.3 Å². The lowest BCUT2D eigenvalue weighted by Crippen LogP contribution is -2.03. The summed E-state index contributed by atoms with van der Waals surface area (Å²) in [6.45, 7) is 0. The van der Waals surface area contributed by atoms with Crippen molar-refractivity contribution >= 4 is 0 Å². The Bertz CT molecular complexity index is 449. The van der Waals surface area contributed by atoms with Crippen molar-refractivity contribution in [2.75, 3.05) is 0 Å². The predicted molar refractivity (Wildman–Crippen MR) is 50.3 cm³/mol. The van der Waals surface area contributed by atoms with Crippen molar-refractivity contribution in [2.24, 2.45) is 0 Å². The molecule has 0 bridgehead atoms. The average Bonchev–Trinajstić information content (AvgIpc) is 2.30. The Balaban J connectivity index is 2.37. The molecule has 0 amide bonds. The van der Waals surface area contributed by atoms with Crippen LogP contribution in [0.4, 0.5) is 4.39 Å². The lowest BCUT2D eigenvalue weighted by molar-refractivity contribution is 0.214. The molecule has 4 nitrogen and oxygen atoms in total. The standard InChI is InChI=1S/C10H8FN3O/c11-9-6-12-3-2-8(9)10(15)7-1-4-13-14-5-7/h1-6,10,15H. The Labute approximate surface area is 85.4 Å². The number of rotatable bonds is 2. The number of pyridine rings is 1. The van der Waals surface area contributed by atoms with Crippen molar-refractivity contribution in [2.45, 2.75) is 6.10 Å². The zero-order chi connectivity index (χ0) is 10.7. The number of nitrogens with zero attached hydrogens (tertiary/aromatic N) is 3. The lowest BCUT2D eigenvalue weighted by atomic mass is 10.0. The van der Waals surface area contributed by atoms with Gasteiger partial charge in [-0.2, -0.15) is 10.2 Å². The summed E-state index contributed by atoms with van der Waals surface area (Å²) < 4.78 is 13.3. The van der Waals surface area contributed by atoms with Gasteiger partial charge in [-0.1, -0.05) is 0 Å². The minimum absolute atomic E-state index is 0.179. The van der Waals surface area contributed by atoms with E-state index in [0.29, 0.717) is 5.56 Å². The molecule has 0 aliphatic rings. The number of aliphatic hydroxyl groups is 1. The first-order valence-corrected chi connectivity index (χ1v) is 4.33. The van der Waals surface area contributed by atoms with E-state index in [1.807, 2.05) is 0 Å². The van der Waals surface area contributed by atoms with Crippen LogP contribution in [0.25, 0.3) is 0 Å². The Morgan fingerprint density at radius 2 is 2.00 bits per heavy atom. The molecule has 15 heavy (non-hydrogen) atoms. The fraction of sp³-hybridized carbons (Fsp3) is 0.100. The van der Waals surface area contributed by atoms with Gasteiger partial charge in [-0.3, -0.25) is 4.98 Å². The fourth-order valence-corrected chi connectivity index (χ4v) is 1.25. The van der Waals surface area contributed by atoms with Crippen molar-refractivity contribution < 1.29 is 9.50 Å². The molecule has 1 atom stereocenters. The molecule has 1 unspecified atom stereocenters. The number of hydrogen-bond acceptors (Lipinski definition) is 4. The van der Waals surface area contributed by atoms with Crippen LogP contribution in [0.15, 0.2) is 36.9 Å². The van der Waals surface area contributed by atoms with Crippen LogP contribution >= 0.6 is 0 Å². The van der Waals surface area contributed by atoms with E-state index in [-0.39, 0.29) is 5.56 Å². The molecule has 0 aromatic carbocycles. The Morgan fingerprint density at radius 3 is 2.67 bits per heavy atom. The van der Waals surface area contributed by atoms with Crippen LogP contribution in [0.2, 0.25) is 0 Å². The third-order valence-corrected chi connectivity index (χ3v) is 2.02. The monoisotopic (exact) mass is 205 g/mol. The summed E-state index contributed by atoms with van der Waals surface area (Å²) in [6.07, 6.45) is 4.29. The zero-order valence-electron chi connectivity index (χ0n) is 7.71. The molecule has 5 heteroatoms. The lowest BCUT2D eigenvalue weighted by Gasteiger charge is -2.10. The molecule has 2 aromatic heterocycles. The topological polar surface area (TPSA) is 58.9 Å². The Kier molecular flexibility index (Phi) is 2.64. The van der Waals surface area contributed by atoms with Gasteiger partial charge in [0.1, 0.15) is 11.9 Å². The number of aliphatic hydroxyl groups excluding tert-OH is 1. The zero-order valence-corrected chi connectivity index (χ0v) is 7.71. The Morgan fingerprint density at radius 1 is 1.13 bits per heavy atom. The summed E-state index contributed by atoms with van der Waals surface area (Å²) in [5.41, 5.74) is 0.674. The minimum Gasteiger partial charge on any atom is -0.383 e. The van der Waals surface area contributed by atoms with Gasteiger partial charge in [-0.15, -0.1) is 0 Å². The second-order valence-corrected chi connectivity index (χ2v) is 2.98. The molecule has 1 N–H and O–H groups in total. The van der Waals surface area contributed by atoms with E-state index in [2.05, 4.69) is 15.2 Å². The van der Waals surface area contributed by atoms with Crippen LogP contribution in [0.5, 0.6) is 0 Å². The van der Waals surface area contributed by atoms with Crippen molar-refractivity contribution in [1.29, 1.82) is 0 Å². The van der Waals surface area contributed by atoms with Gasteiger partial charge in [0.2, 0.25) is 0 Å². The molecular formula is C10H8FN3O. The second kappa shape index (κ2) is 4.10. The van der Waals surface area contributed by atoms with E-state index in [1.54, 1.807) is 6.07 Å². The molecule has 0 aliphatic heterocycles. The quantitative estimate of drug-likeness (QED) is 0.797. The highest BCUT2D eigenvalue weighted by Gasteiger charge is 2.14. The second-order valence-electron chi connectivity index (χ2n) is 2.98. The largest absolute Gasteiger partial charge is 0.383 e. The molecule has 0 aliphatic carbocycles. The number of halogens is 1. The highest BCUT2D eigenvalue weighted by Crippen LogP contribution is 2.22. The van der Waals surface area contributed by atoms with Crippen molar-refractivity contribution in [3.63, 3.8) is 0 Å². The minimum atomic E-state index is -1.04. The molecule has 2 heterocycles. The normalized spacial score (nSPS) is 12.4. The first-order valence-electron chi connectivity index (χ1n) is 4.33. The van der Waals surface area contributed by atoms with E-state index in [1.165, 1.54) is 24.7 Å². The highest BCUT2D eigenvalue weighted by molar-refractivity contribution is 5.26. The molecule has 0 saturated carbocycles.